The first-order valence-electron chi connectivity index (χ1n) is 3.91. The Morgan fingerprint density at radius 3 is 2.92 bits per heavy atom. The maximum atomic E-state index is 9.55. The highest BCUT2D eigenvalue weighted by Gasteiger charge is 2.26. The van der Waals surface area contributed by atoms with E-state index < -0.39 is 0 Å². The van der Waals surface area contributed by atoms with Crippen molar-refractivity contribution in [3.63, 3.8) is 0 Å². The molecule has 3 heteroatoms. The van der Waals surface area contributed by atoms with Crippen molar-refractivity contribution in [3.05, 3.63) is 33.8 Å². The van der Waals surface area contributed by atoms with Gasteiger partial charge in [-0.1, -0.05) is 22.0 Å². The number of hydrogen-bond donors (Lipinski definition) is 2. The van der Waals surface area contributed by atoms with Crippen molar-refractivity contribution in [3.8, 4) is 0 Å². The number of aliphatic hydroxyl groups excluding tert-OH is 1. The van der Waals surface area contributed by atoms with Crippen molar-refractivity contribution in [2.75, 3.05) is 0 Å². The monoisotopic (exact) mass is 227 g/mol. The van der Waals surface area contributed by atoms with E-state index in [0.717, 1.165) is 15.6 Å². The summed E-state index contributed by atoms with van der Waals surface area (Å²) in [5.74, 6) is 0. The van der Waals surface area contributed by atoms with E-state index in [1.807, 2.05) is 18.2 Å². The molecule has 0 saturated heterocycles. The van der Waals surface area contributed by atoms with Gasteiger partial charge in [-0.25, -0.2) is 0 Å². The summed E-state index contributed by atoms with van der Waals surface area (Å²) in [5, 5.41) is 9.55. The summed E-state index contributed by atoms with van der Waals surface area (Å²) in [4.78, 5) is 0. The Hall–Kier alpha value is -0.380. The molecular formula is C9H10BrNO. The Balaban J connectivity index is 2.53. The van der Waals surface area contributed by atoms with Gasteiger partial charge in [0.05, 0.1) is 6.10 Å². The van der Waals surface area contributed by atoms with Crippen molar-refractivity contribution < 1.29 is 5.11 Å². The Morgan fingerprint density at radius 2 is 2.17 bits per heavy atom. The molecule has 0 bridgehead atoms. The third-order valence-electron chi connectivity index (χ3n) is 2.28. The highest BCUT2D eigenvalue weighted by molar-refractivity contribution is 9.10. The van der Waals surface area contributed by atoms with Crippen LogP contribution in [0.3, 0.4) is 0 Å². The van der Waals surface area contributed by atoms with E-state index in [9.17, 15) is 5.11 Å². The molecule has 0 amide bonds. The van der Waals surface area contributed by atoms with Crippen LogP contribution in [0.15, 0.2) is 22.7 Å². The Morgan fingerprint density at radius 1 is 1.42 bits per heavy atom. The van der Waals surface area contributed by atoms with E-state index in [2.05, 4.69) is 15.9 Å². The van der Waals surface area contributed by atoms with E-state index in [-0.39, 0.29) is 12.1 Å². The van der Waals surface area contributed by atoms with E-state index in [1.165, 1.54) is 0 Å². The summed E-state index contributed by atoms with van der Waals surface area (Å²) in [6.45, 7) is 0. The Kier molecular flexibility index (Phi) is 1.94. The minimum atomic E-state index is -0.372. The molecule has 0 fully saturated rings. The fraction of sp³-hybridized carbons (Fsp3) is 0.333. The fourth-order valence-corrected chi connectivity index (χ4v) is 2.04. The van der Waals surface area contributed by atoms with Gasteiger partial charge in [0, 0.05) is 10.5 Å². The van der Waals surface area contributed by atoms with Crippen LogP contribution in [-0.4, -0.2) is 5.11 Å². The quantitative estimate of drug-likeness (QED) is 0.712. The van der Waals surface area contributed by atoms with Gasteiger partial charge >= 0.3 is 0 Å². The van der Waals surface area contributed by atoms with Crippen LogP contribution in [0.5, 0.6) is 0 Å². The Labute approximate surface area is 79.5 Å². The molecule has 0 radical (unpaired) electrons. The number of nitrogens with two attached hydrogens (primary N) is 1. The second kappa shape index (κ2) is 2.83. The molecule has 0 saturated carbocycles. The van der Waals surface area contributed by atoms with Gasteiger partial charge in [-0.3, -0.25) is 0 Å². The lowest BCUT2D eigenvalue weighted by molar-refractivity contribution is 0.173. The van der Waals surface area contributed by atoms with Crippen LogP contribution in [0, 0.1) is 0 Å². The molecule has 2 rings (SSSR count). The van der Waals surface area contributed by atoms with Gasteiger partial charge < -0.3 is 10.8 Å². The predicted molar refractivity (Wildman–Crippen MR) is 50.6 cm³/mol. The lowest BCUT2D eigenvalue weighted by atomic mass is 10.1. The van der Waals surface area contributed by atoms with Gasteiger partial charge in [-0.05, 0) is 29.7 Å². The van der Waals surface area contributed by atoms with Crippen LogP contribution in [0.4, 0.5) is 0 Å². The summed E-state index contributed by atoms with van der Waals surface area (Å²) < 4.78 is 1.02. The van der Waals surface area contributed by atoms with Gasteiger partial charge in [-0.2, -0.15) is 0 Å². The molecule has 0 aliphatic heterocycles. The first kappa shape index (κ1) is 8.23. The van der Waals surface area contributed by atoms with Gasteiger partial charge in [0.2, 0.25) is 0 Å². The number of aliphatic hydroxyl groups is 1. The molecule has 0 spiro atoms. The zero-order valence-electron chi connectivity index (χ0n) is 6.50. The lowest BCUT2D eigenvalue weighted by Crippen LogP contribution is -2.05. The van der Waals surface area contributed by atoms with E-state index in [4.69, 9.17) is 5.73 Å². The summed E-state index contributed by atoms with van der Waals surface area (Å²) in [6, 6.07) is 5.83. The topological polar surface area (TPSA) is 46.2 Å². The zero-order valence-corrected chi connectivity index (χ0v) is 8.08. The van der Waals surface area contributed by atoms with Crippen LogP contribution in [0.1, 0.15) is 29.7 Å². The summed E-state index contributed by atoms with van der Waals surface area (Å²) in [5.41, 5.74) is 7.87. The normalized spacial score (nSPS) is 27.2. The lowest BCUT2D eigenvalue weighted by Gasteiger charge is -2.03. The highest BCUT2D eigenvalue weighted by atomic mass is 79.9. The van der Waals surface area contributed by atoms with Crippen LogP contribution in [0.2, 0.25) is 0 Å². The first-order valence-corrected chi connectivity index (χ1v) is 4.71. The summed E-state index contributed by atoms with van der Waals surface area (Å²) in [6.07, 6.45) is 0.272. The molecule has 2 nitrogen and oxygen atoms in total. The average molecular weight is 228 g/mol. The summed E-state index contributed by atoms with van der Waals surface area (Å²) >= 11 is 3.38. The minimum Gasteiger partial charge on any atom is -0.388 e. The number of rotatable bonds is 0. The molecule has 0 aromatic heterocycles. The molecule has 1 aromatic carbocycles. The molecule has 0 heterocycles. The summed E-state index contributed by atoms with van der Waals surface area (Å²) in [7, 11) is 0. The molecule has 2 unspecified atom stereocenters. The number of fused-ring (bicyclic) bond motifs is 1. The smallest absolute Gasteiger partial charge is 0.0811 e. The zero-order chi connectivity index (χ0) is 8.72. The van der Waals surface area contributed by atoms with Crippen molar-refractivity contribution in [2.45, 2.75) is 18.6 Å². The fourth-order valence-electron chi connectivity index (χ4n) is 1.66. The van der Waals surface area contributed by atoms with Gasteiger partial charge in [0.25, 0.3) is 0 Å². The Bertz CT molecular complexity index is 313. The molecule has 12 heavy (non-hydrogen) atoms. The number of benzene rings is 1. The number of hydrogen-bond acceptors (Lipinski definition) is 2. The number of halogens is 1. The van der Waals surface area contributed by atoms with E-state index in [0.29, 0.717) is 6.42 Å². The third kappa shape index (κ3) is 1.18. The van der Waals surface area contributed by atoms with E-state index in [1.54, 1.807) is 0 Å². The highest BCUT2D eigenvalue weighted by Crippen LogP contribution is 2.38. The van der Waals surface area contributed by atoms with Crippen molar-refractivity contribution in [2.24, 2.45) is 5.73 Å². The van der Waals surface area contributed by atoms with Gasteiger partial charge in [-0.15, -0.1) is 0 Å². The maximum absolute atomic E-state index is 9.55. The molecular weight excluding hydrogens is 218 g/mol. The predicted octanol–water partition coefficient (Wildman–Crippen LogP) is 1.89. The standard InChI is InChI=1S/C9H10BrNO/c10-5-1-2-6-7(3-5)8(11)4-9(6)12/h1-3,8-9,12H,4,11H2. The minimum absolute atomic E-state index is 0.00694. The average Bonchev–Trinajstić information content (AvgIpc) is 2.28. The second-order valence-corrected chi connectivity index (χ2v) is 4.05. The second-order valence-electron chi connectivity index (χ2n) is 3.13. The molecule has 1 aliphatic carbocycles. The van der Waals surface area contributed by atoms with Crippen molar-refractivity contribution >= 4 is 15.9 Å². The SMILES string of the molecule is NC1CC(O)c2ccc(Br)cc21. The van der Waals surface area contributed by atoms with Crippen LogP contribution >= 0.6 is 15.9 Å². The van der Waals surface area contributed by atoms with Gasteiger partial charge in [0.15, 0.2) is 0 Å². The third-order valence-corrected chi connectivity index (χ3v) is 2.78. The molecule has 3 N–H and O–H groups in total. The molecule has 64 valence electrons. The molecule has 2 atom stereocenters. The molecule has 1 aliphatic rings. The van der Waals surface area contributed by atoms with Crippen LogP contribution in [-0.2, 0) is 0 Å². The van der Waals surface area contributed by atoms with Crippen LogP contribution < -0.4 is 5.73 Å². The first-order chi connectivity index (χ1) is 5.68. The van der Waals surface area contributed by atoms with Crippen molar-refractivity contribution in [1.82, 2.24) is 0 Å². The van der Waals surface area contributed by atoms with Crippen molar-refractivity contribution in [1.29, 1.82) is 0 Å². The van der Waals surface area contributed by atoms with E-state index >= 15 is 0 Å². The largest absolute Gasteiger partial charge is 0.388 e. The molecule has 1 aromatic rings. The maximum Gasteiger partial charge on any atom is 0.0811 e. The van der Waals surface area contributed by atoms with Gasteiger partial charge in [0.1, 0.15) is 0 Å². The van der Waals surface area contributed by atoms with Crippen LogP contribution in [0.25, 0.3) is 0 Å².